The zero-order valence-corrected chi connectivity index (χ0v) is 15.2. The fraction of sp³-hybridized carbons (Fsp3) is 0.600. The maximum absolute atomic E-state index is 13.0. The van der Waals surface area contributed by atoms with Gasteiger partial charge < -0.3 is 10.2 Å². The van der Waals surface area contributed by atoms with Crippen molar-refractivity contribution in [2.24, 2.45) is 5.92 Å². The molecule has 0 radical (unpaired) electrons. The zero-order valence-electron chi connectivity index (χ0n) is 15.2. The van der Waals surface area contributed by atoms with Gasteiger partial charge in [-0.15, -0.1) is 0 Å². The molecule has 4 nitrogen and oxygen atoms in total. The average molecular weight is 330 g/mol. The molecule has 1 saturated heterocycles. The summed E-state index contributed by atoms with van der Waals surface area (Å²) in [5, 5.41) is 3.01. The molecule has 1 unspecified atom stereocenters. The van der Waals surface area contributed by atoms with Crippen molar-refractivity contribution in [2.75, 3.05) is 19.6 Å². The third-order valence-electron chi connectivity index (χ3n) is 4.90. The Hall–Kier alpha value is -1.84. The Kier molecular flexibility index (Phi) is 6.41. The molecule has 0 bridgehead atoms. The van der Waals surface area contributed by atoms with Gasteiger partial charge in [-0.3, -0.25) is 9.59 Å². The first-order valence-corrected chi connectivity index (χ1v) is 9.06. The van der Waals surface area contributed by atoms with Crippen LogP contribution in [0.1, 0.15) is 52.0 Å². The van der Waals surface area contributed by atoms with Gasteiger partial charge in [-0.25, -0.2) is 0 Å². The number of hydrogen-bond acceptors (Lipinski definition) is 2. The summed E-state index contributed by atoms with van der Waals surface area (Å²) in [5.41, 5.74) is 0.530. The monoisotopic (exact) mass is 330 g/mol. The van der Waals surface area contributed by atoms with Gasteiger partial charge >= 0.3 is 0 Å². The molecular weight excluding hydrogens is 300 g/mol. The van der Waals surface area contributed by atoms with E-state index in [1.54, 1.807) is 0 Å². The van der Waals surface area contributed by atoms with Crippen LogP contribution in [0.3, 0.4) is 0 Å². The molecule has 1 aliphatic heterocycles. The molecular formula is C20H30N2O2. The lowest BCUT2D eigenvalue weighted by Gasteiger charge is -2.38. The lowest BCUT2D eigenvalue weighted by molar-refractivity contribution is -0.138. The fourth-order valence-electron chi connectivity index (χ4n) is 3.36. The number of nitrogens with zero attached hydrogens (tertiary/aromatic N) is 1. The van der Waals surface area contributed by atoms with E-state index >= 15 is 0 Å². The van der Waals surface area contributed by atoms with Crippen LogP contribution in [-0.4, -0.2) is 36.3 Å². The van der Waals surface area contributed by atoms with E-state index in [9.17, 15) is 9.59 Å². The second-order valence-electron chi connectivity index (χ2n) is 7.30. The van der Waals surface area contributed by atoms with Crippen molar-refractivity contribution in [1.29, 1.82) is 0 Å². The van der Waals surface area contributed by atoms with E-state index in [1.807, 2.05) is 56.0 Å². The van der Waals surface area contributed by atoms with Crippen molar-refractivity contribution >= 4 is 11.8 Å². The van der Waals surface area contributed by atoms with Crippen LogP contribution in [0.2, 0.25) is 0 Å². The van der Waals surface area contributed by atoms with Crippen LogP contribution in [0.15, 0.2) is 30.3 Å². The molecule has 2 amide bonds. The summed E-state index contributed by atoms with van der Waals surface area (Å²) >= 11 is 0. The molecule has 0 aromatic heterocycles. The lowest BCUT2D eigenvalue weighted by Crippen LogP contribution is -2.49. The lowest BCUT2D eigenvalue weighted by atomic mass is 9.82. The highest BCUT2D eigenvalue weighted by Gasteiger charge is 2.35. The van der Waals surface area contributed by atoms with Gasteiger partial charge in [-0.2, -0.15) is 0 Å². The summed E-state index contributed by atoms with van der Waals surface area (Å²) in [5.74, 6) is 0.652. The first kappa shape index (κ1) is 18.5. The third kappa shape index (κ3) is 4.59. The van der Waals surface area contributed by atoms with Gasteiger partial charge in [0.2, 0.25) is 11.8 Å². The van der Waals surface area contributed by atoms with E-state index in [2.05, 4.69) is 5.32 Å². The second kappa shape index (κ2) is 8.32. The number of likely N-dealkylation sites (tertiary alicyclic amines) is 1. The van der Waals surface area contributed by atoms with Crippen LogP contribution >= 0.6 is 0 Å². The molecule has 0 spiro atoms. The van der Waals surface area contributed by atoms with Crippen molar-refractivity contribution in [2.45, 2.75) is 51.9 Å². The Morgan fingerprint density at radius 1 is 1.25 bits per heavy atom. The number of hydrogen-bond donors (Lipinski definition) is 1. The predicted molar refractivity (Wildman–Crippen MR) is 96.7 cm³/mol. The van der Waals surface area contributed by atoms with Gasteiger partial charge in [0.15, 0.2) is 0 Å². The molecule has 1 heterocycles. The Morgan fingerprint density at radius 2 is 1.96 bits per heavy atom. The first-order valence-electron chi connectivity index (χ1n) is 9.06. The third-order valence-corrected chi connectivity index (χ3v) is 4.90. The van der Waals surface area contributed by atoms with E-state index in [4.69, 9.17) is 0 Å². The van der Waals surface area contributed by atoms with Crippen LogP contribution in [-0.2, 0) is 15.0 Å². The first-order chi connectivity index (χ1) is 11.4. The van der Waals surface area contributed by atoms with Gasteiger partial charge in [0.05, 0.1) is 5.41 Å². The zero-order chi connectivity index (χ0) is 17.6. The minimum atomic E-state index is -0.519. The number of benzene rings is 1. The van der Waals surface area contributed by atoms with Crippen molar-refractivity contribution in [1.82, 2.24) is 10.2 Å². The highest BCUT2D eigenvalue weighted by molar-refractivity contribution is 5.87. The van der Waals surface area contributed by atoms with Gasteiger partial charge in [-0.1, -0.05) is 37.3 Å². The van der Waals surface area contributed by atoms with E-state index in [0.29, 0.717) is 18.9 Å². The number of amides is 2. The maximum atomic E-state index is 13.0. The summed E-state index contributed by atoms with van der Waals surface area (Å²) in [6.45, 7) is 8.23. The number of carbonyl (C=O) groups is 2. The van der Waals surface area contributed by atoms with Gasteiger partial charge in [-0.05, 0) is 44.6 Å². The van der Waals surface area contributed by atoms with Crippen molar-refractivity contribution in [3.05, 3.63) is 35.9 Å². The van der Waals surface area contributed by atoms with E-state index < -0.39 is 5.41 Å². The number of carbonyl (C=O) groups excluding carboxylic acids is 2. The van der Waals surface area contributed by atoms with Crippen LogP contribution in [0.4, 0.5) is 0 Å². The summed E-state index contributed by atoms with van der Waals surface area (Å²) in [7, 11) is 0. The van der Waals surface area contributed by atoms with Crippen molar-refractivity contribution in [3.8, 4) is 0 Å². The summed E-state index contributed by atoms with van der Waals surface area (Å²) in [4.78, 5) is 26.7. The Balaban J connectivity index is 1.96. The highest BCUT2D eigenvalue weighted by atomic mass is 16.2. The minimum Gasteiger partial charge on any atom is -0.356 e. The number of nitrogens with one attached hydrogen (secondary N) is 1. The molecule has 1 aliphatic rings. The minimum absolute atomic E-state index is 0.116. The molecule has 1 aromatic carbocycles. The Bertz CT molecular complexity index is 554. The molecule has 4 heteroatoms. The predicted octanol–water partition coefficient (Wildman–Crippen LogP) is 3.12. The van der Waals surface area contributed by atoms with E-state index in [1.165, 1.54) is 0 Å². The fourth-order valence-corrected chi connectivity index (χ4v) is 3.36. The van der Waals surface area contributed by atoms with Crippen molar-refractivity contribution in [3.63, 3.8) is 0 Å². The molecule has 1 atom stereocenters. The van der Waals surface area contributed by atoms with Crippen molar-refractivity contribution < 1.29 is 9.59 Å². The van der Waals surface area contributed by atoms with Gasteiger partial charge in [0.25, 0.3) is 0 Å². The van der Waals surface area contributed by atoms with Gasteiger partial charge in [0, 0.05) is 26.1 Å². The van der Waals surface area contributed by atoms with Crippen LogP contribution < -0.4 is 5.32 Å². The Morgan fingerprint density at radius 3 is 2.62 bits per heavy atom. The quantitative estimate of drug-likeness (QED) is 0.871. The van der Waals surface area contributed by atoms with Crippen LogP contribution in [0.5, 0.6) is 0 Å². The average Bonchev–Trinajstić information content (AvgIpc) is 2.60. The second-order valence-corrected chi connectivity index (χ2v) is 7.30. The number of piperidine rings is 1. The molecule has 1 fully saturated rings. The number of rotatable bonds is 6. The standard InChI is InChI=1S/C20H30N2O2/c1-4-9-18(23)21-14-16-10-8-13-22(15-16)19(24)20(2,3)17-11-6-5-7-12-17/h5-7,11-12,16H,4,8-10,13-15H2,1-3H3,(H,21,23). The summed E-state index contributed by atoms with van der Waals surface area (Å²) in [6, 6.07) is 9.97. The Labute approximate surface area is 145 Å². The van der Waals surface area contributed by atoms with Crippen LogP contribution in [0.25, 0.3) is 0 Å². The molecule has 132 valence electrons. The normalized spacial score (nSPS) is 18.3. The SMILES string of the molecule is CCCC(=O)NCC1CCCN(C(=O)C(C)(C)c2ccccc2)C1. The summed E-state index contributed by atoms with van der Waals surface area (Å²) in [6.07, 6.45) is 3.52. The molecule has 1 aromatic rings. The molecule has 1 N–H and O–H groups in total. The molecule has 0 saturated carbocycles. The van der Waals surface area contributed by atoms with E-state index in [-0.39, 0.29) is 11.8 Å². The maximum Gasteiger partial charge on any atom is 0.232 e. The highest BCUT2D eigenvalue weighted by Crippen LogP contribution is 2.28. The molecule has 0 aliphatic carbocycles. The smallest absolute Gasteiger partial charge is 0.232 e. The largest absolute Gasteiger partial charge is 0.356 e. The molecule has 24 heavy (non-hydrogen) atoms. The molecule has 2 rings (SSSR count). The topological polar surface area (TPSA) is 49.4 Å². The van der Waals surface area contributed by atoms with Crippen LogP contribution in [0, 0.1) is 5.92 Å². The summed E-state index contributed by atoms with van der Waals surface area (Å²) < 4.78 is 0. The van der Waals surface area contributed by atoms with Gasteiger partial charge in [0.1, 0.15) is 0 Å². The van der Waals surface area contributed by atoms with E-state index in [0.717, 1.165) is 37.9 Å².